The van der Waals surface area contributed by atoms with E-state index in [-0.39, 0.29) is 11.8 Å². The van der Waals surface area contributed by atoms with Gasteiger partial charge >= 0.3 is 0 Å². The molecule has 0 radical (unpaired) electrons. The Kier molecular flexibility index (Phi) is 3.61. The summed E-state index contributed by atoms with van der Waals surface area (Å²) in [5.41, 5.74) is -0.362. The largest absolute Gasteiger partial charge is 0.340 e. The fourth-order valence-corrected chi connectivity index (χ4v) is 3.54. The van der Waals surface area contributed by atoms with Crippen molar-refractivity contribution in [1.82, 2.24) is 19.8 Å². The molecule has 0 aromatic carbocycles. The molecule has 0 bridgehead atoms. The highest BCUT2D eigenvalue weighted by Crippen LogP contribution is 2.40. The minimum absolute atomic E-state index is 0.00759. The van der Waals surface area contributed by atoms with Crippen molar-refractivity contribution in [3.05, 3.63) is 24.3 Å². The zero-order valence-electron chi connectivity index (χ0n) is 12.3. The van der Waals surface area contributed by atoms with Gasteiger partial charge in [0.15, 0.2) is 5.54 Å². The van der Waals surface area contributed by atoms with Gasteiger partial charge in [0.1, 0.15) is 0 Å². The van der Waals surface area contributed by atoms with Crippen LogP contribution in [0.3, 0.4) is 0 Å². The summed E-state index contributed by atoms with van der Waals surface area (Å²) in [5, 5.41) is 0. The van der Waals surface area contributed by atoms with Gasteiger partial charge in [-0.05, 0) is 25.7 Å². The highest BCUT2D eigenvalue weighted by molar-refractivity contribution is 5.92. The summed E-state index contributed by atoms with van der Waals surface area (Å²) in [6.07, 6.45) is 8.30. The number of nitrogens with zero attached hydrogens (tertiary/aromatic N) is 4. The number of likely N-dealkylation sites (tertiary alicyclic amines) is 2. The van der Waals surface area contributed by atoms with Gasteiger partial charge < -0.3 is 9.80 Å². The molecule has 3 heterocycles. The van der Waals surface area contributed by atoms with Crippen molar-refractivity contribution in [2.45, 2.75) is 38.1 Å². The first-order chi connectivity index (χ1) is 10.2. The van der Waals surface area contributed by atoms with Crippen molar-refractivity contribution >= 4 is 11.8 Å². The lowest BCUT2D eigenvalue weighted by molar-refractivity contribution is -0.151. The van der Waals surface area contributed by atoms with Crippen LogP contribution in [0, 0.1) is 0 Å². The average Bonchev–Trinajstić information content (AvgIpc) is 3.17. The Morgan fingerprint density at radius 2 is 1.90 bits per heavy atom. The van der Waals surface area contributed by atoms with Crippen LogP contribution in [0.15, 0.2) is 18.6 Å². The number of amides is 2. The number of carbonyl (C=O) groups excluding carboxylic acids is 2. The smallest absolute Gasteiger partial charge is 0.254 e. The van der Waals surface area contributed by atoms with Crippen molar-refractivity contribution < 1.29 is 9.59 Å². The molecule has 0 spiro atoms. The predicted octanol–water partition coefficient (Wildman–Crippen LogP) is 0.937. The molecular weight excluding hydrogens is 268 g/mol. The maximum atomic E-state index is 13.1. The number of aromatic nitrogens is 2. The standard InChI is InChI=1S/C15H20N4O2/c1-12(20)19-10-4-5-15(19,13-11-16-6-7-17-13)14(21)18-8-2-3-9-18/h6-7,11H,2-5,8-10H2,1H3/t15-/m0/s1. The van der Waals surface area contributed by atoms with E-state index in [9.17, 15) is 9.59 Å². The van der Waals surface area contributed by atoms with Crippen LogP contribution in [0.5, 0.6) is 0 Å². The quantitative estimate of drug-likeness (QED) is 0.812. The Bertz CT molecular complexity index is 542. The SMILES string of the molecule is CC(=O)N1CCC[C@@]1(C(=O)N1CCCC1)c1cnccn1. The van der Waals surface area contributed by atoms with Crippen LogP contribution >= 0.6 is 0 Å². The Morgan fingerprint density at radius 3 is 2.52 bits per heavy atom. The second-order valence-electron chi connectivity index (χ2n) is 5.72. The minimum Gasteiger partial charge on any atom is -0.340 e. The molecule has 0 N–H and O–H groups in total. The Morgan fingerprint density at radius 1 is 1.14 bits per heavy atom. The molecule has 112 valence electrons. The van der Waals surface area contributed by atoms with Gasteiger partial charge in [-0.3, -0.25) is 19.6 Å². The number of hydrogen-bond acceptors (Lipinski definition) is 4. The molecule has 0 aliphatic carbocycles. The second kappa shape index (κ2) is 5.42. The number of carbonyl (C=O) groups is 2. The van der Waals surface area contributed by atoms with Crippen LogP contribution in [-0.4, -0.2) is 51.2 Å². The lowest BCUT2D eigenvalue weighted by atomic mass is 9.90. The summed E-state index contributed by atoms with van der Waals surface area (Å²) < 4.78 is 0. The van der Waals surface area contributed by atoms with E-state index in [0.29, 0.717) is 18.7 Å². The molecule has 0 unspecified atom stereocenters. The van der Waals surface area contributed by atoms with E-state index in [2.05, 4.69) is 9.97 Å². The minimum atomic E-state index is -0.954. The first kappa shape index (κ1) is 14.0. The van der Waals surface area contributed by atoms with E-state index in [1.807, 2.05) is 4.90 Å². The Hall–Kier alpha value is -1.98. The average molecular weight is 288 g/mol. The lowest BCUT2D eigenvalue weighted by Gasteiger charge is -2.38. The fourth-order valence-electron chi connectivity index (χ4n) is 3.54. The van der Waals surface area contributed by atoms with Crippen molar-refractivity contribution in [3.63, 3.8) is 0 Å². The van der Waals surface area contributed by atoms with Crippen LogP contribution in [0.25, 0.3) is 0 Å². The first-order valence-corrected chi connectivity index (χ1v) is 7.50. The highest BCUT2D eigenvalue weighted by Gasteiger charge is 2.53. The van der Waals surface area contributed by atoms with E-state index in [1.54, 1.807) is 23.5 Å². The van der Waals surface area contributed by atoms with Crippen molar-refractivity contribution in [2.24, 2.45) is 0 Å². The topological polar surface area (TPSA) is 66.4 Å². The summed E-state index contributed by atoms with van der Waals surface area (Å²) >= 11 is 0. The first-order valence-electron chi connectivity index (χ1n) is 7.50. The molecule has 2 aliphatic rings. The molecule has 2 aliphatic heterocycles. The van der Waals surface area contributed by atoms with Gasteiger partial charge in [-0.1, -0.05) is 0 Å². The van der Waals surface area contributed by atoms with Crippen molar-refractivity contribution in [3.8, 4) is 0 Å². The summed E-state index contributed by atoms with van der Waals surface area (Å²) in [5.74, 6) is -0.0705. The van der Waals surface area contributed by atoms with Crippen molar-refractivity contribution in [1.29, 1.82) is 0 Å². The maximum absolute atomic E-state index is 13.1. The van der Waals surface area contributed by atoms with Crippen LogP contribution in [0.1, 0.15) is 38.3 Å². The van der Waals surface area contributed by atoms with Gasteiger partial charge in [0, 0.05) is 39.0 Å². The molecule has 1 aromatic heterocycles. The zero-order valence-corrected chi connectivity index (χ0v) is 12.3. The van der Waals surface area contributed by atoms with Crippen LogP contribution in [-0.2, 0) is 15.1 Å². The van der Waals surface area contributed by atoms with Gasteiger partial charge in [-0.15, -0.1) is 0 Å². The molecule has 6 nitrogen and oxygen atoms in total. The van der Waals surface area contributed by atoms with Crippen LogP contribution in [0.2, 0.25) is 0 Å². The third-order valence-electron chi connectivity index (χ3n) is 4.50. The van der Waals surface area contributed by atoms with Gasteiger partial charge in [0.2, 0.25) is 5.91 Å². The van der Waals surface area contributed by atoms with E-state index >= 15 is 0 Å². The lowest BCUT2D eigenvalue weighted by Crippen LogP contribution is -2.55. The summed E-state index contributed by atoms with van der Waals surface area (Å²) in [6.45, 7) is 3.67. The molecule has 3 rings (SSSR count). The zero-order chi connectivity index (χ0) is 14.9. The Balaban J connectivity index is 2.06. The van der Waals surface area contributed by atoms with Crippen LogP contribution in [0.4, 0.5) is 0 Å². The van der Waals surface area contributed by atoms with Crippen LogP contribution < -0.4 is 0 Å². The predicted molar refractivity (Wildman–Crippen MR) is 76.1 cm³/mol. The van der Waals surface area contributed by atoms with Gasteiger partial charge in [-0.25, -0.2) is 0 Å². The molecule has 2 fully saturated rings. The third-order valence-corrected chi connectivity index (χ3v) is 4.50. The van der Waals surface area contributed by atoms with Gasteiger partial charge in [0.05, 0.1) is 11.9 Å². The molecule has 1 aromatic rings. The van der Waals surface area contributed by atoms with E-state index in [1.165, 1.54) is 6.92 Å². The Labute approximate surface area is 124 Å². The fraction of sp³-hybridized carbons (Fsp3) is 0.600. The monoisotopic (exact) mass is 288 g/mol. The molecule has 21 heavy (non-hydrogen) atoms. The van der Waals surface area contributed by atoms with Gasteiger partial charge in [-0.2, -0.15) is 0 Å². The van der Waals surface area contributed by atoms with Crippen molar-refractivity contribution in [2.75, 3.05) is 19.6 Å². The second-order valence-corrected chi connectivity index (χ2v) is 5.72. The molecule has 1 atom stereocenters. The highest BCUT2D eigenvalue weighted by atomic mass is 16.2. The number of rotatable bonds is 2. The molecule has 2 saturated heterocycles. The molecule has 0 saturated carbocycles. The molecule has 6 heteroatoms. The van der Waals surface area contributed by atoms with Gasteiger partial charge in [0.25, 0.3) is 5.91 Å². The summed E-state index contributed by atoms with van der Waals surface area (Å²) in [6, 6.07) is 0. The number of hydrogen-bond donors (Lipinski definition) is 0. The third kappa shape index (κ3) is 2.18. The van der Waals surface area contributed by atoms with E-state index < -0.39 is 5.54 Å². The molecular formula is C15H20N4O2. The van der Waals surface area contributed by atoms with E-state index in [4.69, 9.17) is 0 Å². The normalized spacial score (nSPS) is 25.4. The summed E-state index contributed by atoms with van der Waals surface area (Å²) in [4.78, 5) is 37.2. The van der Waals surface area contributed by atoms with E-state index in [0.717, 1.165) is 32.4 Å². The summed E-state index contributed by atoms with van der Waals surface area (Å²) in [7, 11) is 0. The maximum Gasteiger partial charge on any atom is 0.254 e. The molecule has 2 amide bonds.